The number of nitrogens with zero attached hydrogens (tertiary/aromatic N) is 5. The zero-order valence-corrected chi connectivity index (χ0v) is 19.8. The minimum atomic E-state index is -0.700. The Morgan fingerprint density at radius 1 is 1.15 bits per heavy atom. The van der Waals surface area contributed by atoms with Crippen molar-refractivity contribution in [1.29, 1.82) is 5.26 Å². The number of Topliss-reactive ketones (excluding diaryl/α,β-unsaturated/α-hetero) is 1. The van der Waals surface area contributed by atoms with Crippen LogP contribution >= 0.6 is 23.2 Å². The van der Waals surface area contributed by atoms with Crippen molar-refractivity contribution in [3.8, 4) is 11.8 Å². The van der Waals surface area contributed by atoms with Gasteiger partial charge >= 0.3 is 0 Å². The van der Waals surface area contributed by atoms with E-state index in [0.29, 0.717) is 52.0 Å². The number of nitrogens with two attached hydrogens (primary N) is 1. The zero-order valence-electron chi connectivity index (χ0n) is 18.3. The molecule has 2 N–H and O–H groups in total. The standard InChI is InChI=1S/C25H20Cl2N6O/c1-14-21(24(27)33(31-14)16-9-7-15(26)8-10-16)22-18(12-28)25(29)32(17-4-3-11-30-13-17)19-5-2-6-20(34)23(19)22/h3-4,7-11,13,22H,2,5-6,29H2,1H3. The summed E-state index contributed by atoms with van der Waals surface area (Å²) in [5.74, 6) is -0.451. The molecule has 34 heavy (non-hydrogen) atoms. The monoisotopic (exact) mass is 490 g/mol. The van der Waals surface area contributed by atoms with E-state index >= 15 is 0 Å². The Morgan fingerprint density at radius 3 is 2.59 bits per heavy atom. The summed E-state index contributed by atoms with van der Waals surface area (Å²) >= 11 is 12.9. The van der Waals surface area contributed by atoms with E-state index in [1.165, 1.54) is 0 Å². The second kappa shape index (κ2) is 8.64. The molecule has 9 heteroatoms. The van der Waals surface area contributed by atoms with Crippen molar-refractivity contribution < 1.29 is 4.79 Å². The van der Waals surface area contributed by atoms with Crippen LogP contribution in [0.4, 0.5) is 5.69 Å². The smallest absolute Gasteiger partial charge is 0.161 e. The van der Waals surface area contributed by atoms with Crippen molar-refractivity contribution in [2.75, 3.05) is 4.90 Å². The van der Waals surface area contributed by atoms with Gasteiger partial charge in [-0.1, -0.05) is 23.2 Å². The summed E-state index contributed by atoms with van der Waals surface area (Å²) in [4.78, 5) is 19.3. The molecule has 0 saturated carbocycles. The lowest BCUT2D eigenvalue weighted by molar-refractivity contribution is -0.116. The SMILES string of the molecule is Cc1nn(-c2ccc(Cl)cc2)c(Cl)c1C1C(C#N)=C(N)N(c2cccnc2)C2=C1C(=O)CCC2. The number of halogens is 2. The lowest BCUT2D eigenvalue weighted by Gasteiger charge is -2.39. The van der Waals surface area contributed by atoms with Gasteiger partial charge < -0.3 is 5.73 Å². The molecule has 3 aromatic rings. The molecule has 0 spiro atoms. The van der Waals surface area contributed by atoms with Crippen LogP contribution in [0, 0.1) is 18.3 Å². The van der Waals surface area contributed by atoms with Gasteiger partial charge in [0.2, 0.25) is 0 Å². The third-order valence-corrected chi connectivity index (χ3v) is 6.84. The largest absolute Gasteiger partial charge is 0.384 e. The molecule has 1 unspecified atom stereocenters. The molecule has 0 fully saturated rings. The van der Waals surface area contributed by atoms with E-state index in [9.17, 15) is 10.1 Å². The summed E-state index contributed by atoms with van der Waals surface area (Å²) in [6.45, 7) is 1.82. The maximum atomic E-state index is 13.3. The van der Waals surface area contributed by atoms with Gasteiger partial charge in [0.25, 0.3) is 0 Å². The van der Waals surface area contributed by atoms with Crippen LogP contribution in [-0.2, 0) is 4.79 Å². The van der Waals surface area contributed by atoms with E-state index in [0.717, 1.165) is 11.4 Å². The van der Waals surface area contributed by atoms with Gasteiger partial charge in [0, 0.05) is 34.5 Å². The Labute approximate surface area is 206 Å². The maximum Gasteiger partial charge on any atom is 0.161 e. The van der Waals surface area contributed by atoms with Gasteiger partial charge in [-0.3, -0.25) is 14.7 Å². The number of aryl methyl sites for hydroxylation is 1. The molecule has 1 aliphatic heterocycles. The van der Waals surface area contributed by atoms with Crippen molar-refractivity contribution in [3.05, 3.63) is 92.9 Å². The summed E-state index contributed by atoms with van der Waals surface area (Å²) in [7, 11) is 0. The predicted octanol–water partition coefficient (Wildman–Crippen LogP) is 5.19. The van der Waals surface area contributed by atoms with Gasteiger partial charge in [-0.05, 0) is 56.2 Å². The highest BCUT2D eigenvalue weighted by molar-refractivity contribution is 6.31. The first kappa shape index (κ1) is 22.2. The highest BCUT2D eigenvalue weighted by atomic mass is 35.5. The van der Waals surface area contributed by atoms with Crippen LogP contribution in [0.15, 0.2) is 71.5 Å². The number of hydrogen-bond donors (Lipinski definition) is 1. The van der Waals surface area contributed by atoms with E-state index in [-0.39, 0.29) is 17.2 Å². The van der Waals surface area contributed by atoms with Crippen LogP contribution in [0.1, 0.15) is 36.4 Å². The minimum absolute atomic E-state index is 0.0184. The van der Waals surface area contributed by atoms with Gasteiger partial charge in [0.15, 0.2) is 5.78 Å². The molecule has 3 heterocycles. The fraction of sp³-hybridized carbons (Fsp3) is 0.200. The highest BCUT2D eigenvalue weighted by Crippen LogP contribution is 2.48. The summed E-state index contributed by atoms with van der Waals surface area (Å²) in [5, 5.41) is 15.8. The van der Waals surface area contributed by atoms with E-state index < -0.39 is 5.92 Å². The lowest BCUT2D eigenvalue weighted by Crippen LogP contribution is -2.38. The van der Waals surface area contributed by atoms with E-state index in [1.54, 1.807) is 52.3 Å². The molecule has 2 aromatic heterocycles. The van der Waals surface area contributed by atoms with Crippen LogP contribution in [0.3, 0.4) is 0 Å². The number of ketones is 1. The molecule has 5 rings (SSSR count). The maximum absolute atomic E-state index is 13.3. The highest BCUT2D eigenvalue weighted by Gasteiger charge is 2.42. The van der Waals surface area contributed by atoms with E-state index in [4.69, 9.17) is 28.9 Å². The first-order valence-corrected chi connectivity index (χ1v) is 11.5. The number of carbonyl (C=O) groups excluding carboxylic acids is 1. The number of allylic oxidation sites excluding steroid dienone is 3. The second-order valence-electron chi connectivity index (χ2n) is 8.21. The van der Waals surface area contributed by atoms with Gasteiger partial charge in [0.1, 0.15) is 11.0 Å². The molecular formula is C25H20Cl2N6O. The molecule has 2 aliphatic rings. The van der Waals surface area contributed by atoms with Gasteiger partial charge in [-0.15, -0.1) is 0 Å². The third-order valence-electron chi connectivity index (χ3n) is 6.23. The molecular weight excluding hydrogens is 471 g/mol. The Hall–Kier alpha value is -3.60. The molecule has 1 aromatic carbocycles. The predicted molar refractivity (Wildman–Crippen MR) is 130 cm³/mol. The Bertz CT molecular complexity index is 1400. The Kier molecular flexibility index (Phi) is 5.64. The third kappa shape index (κ3) is 3.47. The van der Waals surface area contributed by atoms with Crippen molar-refractivity contribution >= 4 is 34.7 Å². The van der Waals surface area contributed by atoms with E-state index in [2.05, 4.69) is 16.2 Å². The second-order valence-corrected chi connectivity index (χ2v) is 9.00. The molecule has 0 radical (unpaired) electrons. The van der Waals surface area contributed by atoms with Crippen molar-refractivity contribution in [1.82, 2.24) is 14.8 Å². The fourth-order valence-corrected chi connectivity index (χ4v) is 5.26. The molecule has 0 bridgehead atoms. The normalized spacial score (nSPS) is 18.2. The van der Waals surface area contributed by atoms with Crippen molar-refractivity contribution in [3.63, 3.8) is 0 Å². The molecule has 170 valence electrons. The van der Waals surface area contributed by atoms with Crippen molar-refractivity contribution in [2.24, 2.45) is 5.73 Å². The molecule has 0 saturated heterocycles. The summed E-state index contributed by atoms with van der Waals surface area (Å²) < 4.78 is 1.59. The van der Waals surface area contributed by atoms with Crippen LogP contribution in [0.2, 0.25) is 10.2 Å². The number of pyridine rings is 1. The lowest BCUT2D eigenvalue weighted by atomic mass is 9.75. The average molecular weight is 491 g/mol. The van der Waals surface area contributed by atoms with Crippen molar-refractivity contribution in [2.45, 2.75) is 32.1 Å². The van der Waals surface area contributed by atoms with Crippen LogP contribution < -0.4 is 10.6 Å². The fourth-order valence-electron chi connectivity index (χ4n) is 4.75. The van der Waals surface area contributed by atoms with Gasteiger partial charge in [0.05, 0.1) is 40.8 Å². The summed E-state index contributed by atoms with van der Waals surface area (Å²) in [6, 6.07) is 13.0. The molecule has 1 aliphatic carbocycles. The van der Waals surface area contributed by atoms with Gasteiger partial charge in [-0.25, -0.2) is 4.68 Å². The van der Waals surface area contributed by atoms with E-state index in [1.807, 2.05) is 13.0 Å². The van der Waals surface area contributed by atoms with Crippen LogP contribution in [0.25, 0.3) is 5.69 Å². The Balaban J connectivity index is 1.74. The average Bonchev–Trinajstić information content (AvgIpc) is 3.13. The number of benzene rings is 1. The number of aromatic nitrogens is 3. The Morgan fingerprint density at radius 2 is 1.91 bits per heavy atom. The summed E-state index contributed by atoms with van der Waals surface area (Å²) in [6.07, 6.45) is 5.08. The first-order chi connectivity index (χ1) is 16.4. The van der Waals surface area contributed by atoms with Gasteiger partial charge in [-0.2, -0.15) is 10.4 Å². The number of nitriles is 1. The number of hydrogen-bond acceptors (Lipinski definition) is 6. The molecule has 1 atom stereocenters. The number of carbonyl (C=O) groups is 1. The number of anilines is 1. The molecule has 0 amide bonds. The zero-order chi connectivity index (χ0) is 24.0. The summed E-state index contributed by atoms with van der Waals surface area (Å²) in [5.41, 5.74) is 10.8. The topological polar surface area (TPSA) is 101 Å². The van der Waals surface area contributed by atoms with Crippen LogP contribution in [-0.4, -0.2) is 20.5 Å². The van der Waals surface area contributed by atoms with Crippen LogP contribution in [0.5, 0.6) is 0 Å². The quantitative estimate of drug-likeness (QED) is 0.542. The minimum Gasteiger partial charge on any atom is -0.384 e. The molecule has 7 nitrogen and oxygen atoms in total. The first-order valence-electron chi connectivity index (χ1n) is 10.8. The number of rotatable bonds is 3.